The summed E-state index contributed by atoms with van der Waals surface area (Å²) in [5.41, 5.74) is 9.66. The molecule has 0 aromatic heterocycles. The molecule has 3 heteroatoms. The minimum atomic E-state index is -0.370. The number of carbonyl (C=O) groups is 2. The Morgan fingerprint density at radius 1 is 0.542 bits per heavy atom. The van der Waals surface area contributed by atoms with Gasteiger partial charge in [0.2, 0.25) is 0 Å². The molecule has 228 valence electrons. The van der Waals surface area contributed by atoms with E-state index in [4.69, 9.17) is 0 Å². The van der Waals surface area contributed by atoms with Gasteiger partial charge in [0.05, 0.1) is 16.9 Å². The van der Waals surface area contributed by atoms with Crippen molar-refractivity contribution in [3.05, 3.63) is 179 Å². The van der Waals surface area contributed by atoms with Gasteiger partial charge in [0, 0.05) is 22.2 Å². The molecule has 0 bridgehead atoms. The van der Waals surface area contributed by atoms with Crippen LogP contribution in [-0.4, -0.2) is 11.6 Å². The summed E-state index contributed by atoms with van der Waals surface area (Å²) in [6.07, 6.45) is 1.78. The predicted molar refractivity (Wildman–Crippen MR) is 197 cm³/mol. The summed E-state index contributed by atoms with van der Waals surface area (Å²) < 4.78 is 0. The van der Waals surface area contributed by atoms with Crippen LogP contribution in [0.15, 0.2) is 151 Å². The molecule has 0 radical (unpaired) electrons. The summed E-state index contributed by atoms with van der Waals surface area (Å²) >= 11 is 0. The Hall–Kier alpha value is -6.06. The highest BCUT2D eigenvalue weighted by molar-refractivity contribution is 6.42. The summed E-state index contributed by atoms with van der Waals surface area (Å²) in [6.45, 7) is 4.55. The van der Waals surface area contributed by atoms with E-state index in [2.05, 4.69) is 116 Å². The largest absolute Gasteiger partial charge is 0.310 e. The number of rotatable bonds is 3. The van der Waals surface area contributed by atoms with E-state index < -0.39 is 0 Å². The molecule has 1 aliphatic heterocycles. The van der Waals surface area contributed by atoms with E-state index in [0.717, 1.165) is 44.5 Å². The molecule has 1 heterocycles. The number of allylic oxidation sites excluding steroid dienone is 1. The SMILES string of the molecule is CC1(C)c2cc(C=C3C(=O)c4cc5ccccc5cc4C3=O)ccc2N(c2ccc(-c3ccccc3)cc2)c2ccc3ccccc3c21. The van der Waals surface area contributed by atoms with Crippen LogP contribution in [0.2, 0.25) is 0 Å². The van der Waals surface area contributed by atoms with Crippen LogP contribution in [-0.2, 0) is 5.41 Å². The molecule has 0 N–H and O–H groups in total. The zero-order valence-corrected chi connectivity index (χ0v) is 26.7. The van der Waals surface area contributed by atoms with E-state index >= 15 is 0 Å². The number of anilines is 3. The lowest BCUT2D eigenvalue weighted by molar-refractivity contribution is 0.0990. The summed E-state index contributed by atoms with van der Waals surface area (Å²) in [5, 5.41) is 4.32. The minimum Gasteiger partial charge on any atom is -0.310 e. The van der Waals surface area contributed by atoms with Gasteiger partial charge in [0.1, 0.15) is 0 Å². The highest BCUT2D eigenvalue weighted by Gasteiger charge is 2.39. The Morgan fingerprint density at radius 3 is 1.81 bits per heavy atom. The lowest BCUT2D eigenvalue weighted by Gasteiger charge is -2.43. The Balaban J connectivity index is 1.20. The number of carbonyl (C=O) groups excluding carboxylic acids is 2. The van der Waals surface area contributed by atoms with Crippen molar-refractivity contribution < 1.29 is 9.59 Å². The van der Waals surface area contributed by atoms with E-state index in [1.807, 2.05) is 48.5 Å². The molecule has 0 atom stereocenters. The molecule has 0 unspecified atom stereocenters. The number of fused-ring (bicyclic) bond motifs is 6. The molecule has 7 aromatic carbocycles. The van der Waals surface area contributed by atoms with Crippen LogP contribution in [0.1, 0.15) is 51.3 Å². The van der Waals surface area contributed by atoms with Crippen molar-refractivity contribution in [1.82, 2.24) is 0 Å². The number of hydrogen-bond acceptors (Lipinski definition) is 3. The van der Waals surface area contributed by atoms with Gasteiger partial charge in [-0.25, -0.2) is 0 Å². The van der Waals surface area contributed by atoms with Gasteiger partial charge in [-0.05, 0) is 97.9 Å². The normalized spacial score (nSPS) is 14.6. The smallest absolute Gasteiger partial charge is 0.197 e. The lowest BCUT2D eigenvalue weighted by atomic mass is 9.71. The average molecular weight is 618 g/mol. The molecule has 0 saturated carbocycles. The topological polar surface area (TPSA) is 37.4 Å². The van der Waals surface area contributed by atoms with Crippen LogP contribution in [0.5, 0.6) is 0 Å². The van der Waals surface area contributed by atoms with Crippen LogP contribution in [0.25, 0.3) is 38.7 Å². The molecule has 9 rings (SSSR count). The highest BCUT2D eigenvalue weighted by atomic mass is 16.2. The Kier molecular flexibility index (Phi) is 6.15. The van der Waals surface area contributed by atoms with Gasteiger partial charge in [-0.15, -0.1) is 0 Å². The fraction of sp³-hybridized carbons (Fsp3) is 0.0667. The molecule has 0 amide bonds. The number of ketones is 2. The first-order valence-corrected chi connectivity index (χ1v) is 16.3. The van der Waals surface area contributed by atoms with E-state index in [-0.39, 0.29) is 22.6 Å². The Labute approximate surface area is 279 Å². The fourth-order valence-corrected chi connectivity index (χ4v) is 7.73. The highest BCUT2D eigenvalue weighted by Crippen LogP contribution is 2.54. The van der Waals surface area contributed by atoms with Crippen LogP contribution in [0.4, 0.5) is 17.1 Å². The second kappa shape index (κ2) is 10.5. The van der Waals surface area contributed by atoms with Gasteiger partial charge in [-0.1, -0.05) is 117 Å². The summed E-state index contributed by atoms with van der Waals surface area (Å²) in [7, 11) is 0. The van der Waals surface area contributed by atoms with Crippen molar-refractivity contribution in [3.8, 4) is 11.1 Å². The van der Waals surface area contributed by atoms with E-state index in [1.54, 1.807) is 6.08 Å². The third kappa shape index (κ3) is 4.21. The molecule has 3 nitrogen and oxygen atoms in total. The van der Waals surface area contributed by atoms with Gasteiger partial charge in [-0.3, -0.25) is 9.59 Å². The van der Waals surface area contributed by atoms with Crippen molar-refractivity contribution in [2.24, 2.45) is 0 Å². The number of benzene rings is 7. The number of nitrogens with zero attached hydrogens (tertiary/aromatic N) is 1. The van der Waals surface area contributed by atoms with Crippen LogP contribution in [0.3, 0.4) is 0 Å². The minimum absolute atomic E-state index is 0.214. The molecular formula is C45H31NO2. The number of hydrogen-bond donors (Lipinski definition) is 0. The third-order valence-corrected chi connectivity index (χ3v) is 10.1. The predicted octanol–water partition coefficient (Wildman–Crippen LogP) is 11.2. The second-order valence-corrected chi connectivity index (χ2v) is 13.3. The van der Waals surface area contributed by atoms with E-state index in [9.17, 15) is 9.59 Å². The molecule has 0 saturated heterocycles. The van der Waals surface area contributed by atoms with Crippen LogP contribution >= 0.6 is 0 Å². The molecule has 7 aromatic rings. The molecule has 0 fully saturated rings. The van der Waals surface area contributed by atoms with Gasteiger partial charge in [-0.2, -0.15) is 0 Å². The molecule has 1 aliphatic carbocycles. The maximum atomic E-state index is 13.7. The first-order chi connectivity index (χ1) is 23.4. The number of Topliss-reactive ketones (excluding diaryl/α,β-unsaturated/α-hetero) is 2. The average Bonchev–Trinajstić information content (AvgIpc) is 3.35. The van der Waals surface area contributed by atoms with Crippen LogP contribution < -0.4 is 4.90 Å². The monoisotopic (exact) mass is 617 g/mol. The Bertz CT molecular complexity index is 2450. The Morgan fingerprint density at radius 2 is 1.12 bits per heavy atom. The maximum absolute atomic E-state index is 13.7. The standard InChI is InChI=1S/C45H31NO2/c1-45(2)39-25-28(24-38-43(47)36-26-32-13-6-7-14-33(32)27-37(36)44(38)48)16-22-40(39)46(41-23-19-31-12-8-9-15-35(31)42(41)45)34-20-17-30(18-21-34)29-10-4-3-5-11-29/h3-27H,1-2H3. The van der Waals surface area contributed by atoms with E-state index in [1.165, 1.54) is 21.9 Å². The molecule has 48 heavy (non-hydrogen) atoms. The van der Waals surface area contributed by atoms with Gasteiger partial charge in [0.15, 0.2) is 11.6 Å². The van der Waals surface area contributed by atoms with Crippen molar-refractivity contribution in [3.63, 3.8) is 0 Å². The maximum Gasteiger partial charge on any atom is 0.197 e. The second-order valence-electron chi connectivity index (χ2n) is 13.3. The van der Waals surface area contributed by atoms with Crippen LogP contribution in [0, 0.1) is 0 Å². The molecular weight excluding hydrogens is 587 g/mol. The van der Waals surface area contributed by atoms with E-state index in [0.29, 0.717) is 11.1 Å². The van der Waals surface area contributed by atoms with Gasteiger partial charge < -0.3 is 4.90 Å². The summed E-state index contributed by atoms with van der Waals surface area (Å²) in [5.74, 6) is -0.427. The van der Waals surface area contributed by atoms with Crippen molar-refractivity contribution in [2.75, 3.05) is 4.90 Å². The lowest BCUT2D eigenvalue weighted by Crippen LogP contribution is -2.31. The fourth-order valence-electron chi connectivity index (χ4n) is 7.73. The molecule has 0 spiro atoms. The van der Waals surface area contributed by atoms with Crippen molar-refractivity contribution >= 4 is 56.2 Å². The summed E-state index contributed by atoms with van der Waals surface area (Å²) in [6, 6.07) is 50.1. The first-order valence-electron chi connectivity index (χ1n) is 16.3. The first kappa shape index (κ1) is 28.2. The quantitative estimate of drug-likeness (QED) is 0.146. The zero-order chi connectivity index (χ0) is 32.6. The van der Waals surface area contributed by atoms with Crippen molar-refractivity contribution in [2.45, 2.75) is 19.3 Å². The van der Waals surface area contributed by atoms with Gasteiger partial charge in [0.25, 0.3) is 0 Å². The van der Waals surface area contributed by atoms with Gasteiger partial charge >= 0.3 is 0 Å². The molecule has 2 aliphatic rings. The summed E-state index contributed by atoms with van der Waals surface area (Å²) in [4.78, 5) is 29.7. The van der Waals surface area contributed by atoms with Crippen molar-refractivity contribution in [1.29, 1.82) is 0 Å². The zero-order valence-electron chi connectivity index (χ0n) is 26.7. The third-order valence-electron chi connectivity index (χ3n) is 10.1.